The Morgan fingerprint density at radius 1 is 1.50 bits per heavy atom. The molecule has 0 saturated heterocycles. The summed E-state index contributed by atoms with van der Waals surface area (Å²) in [5.41, 5.74) is 0.771. The molecule has 0 aliphatic carbocycles. The van der Waals surface area contributed by atoms with Crippen LogP contribution in [0, 0.1) is 0 Å². The summed E-state index contributed by atoms with van der Waals surface area (Å²) < 4.78 is 5.04. The van der Waals surface area contributed by atoms with Gasteiger partial charge in [0.1, 0.15) is 5.76 Å². The molecule has 0 amide bonds. The minimum absolute atomic E-state index is 0.0404. The minimum Gasteiger partial charge on any atom is -0.465 e. The molecule has 3 heteroatoms. The second-order valence-corrected chi connectivity index (χ2v) is 2.45. The van der Waals surface area contributed by atoms with E-state index in [2.05, 4.69) is 0 Å². The fraction of sp³-hybridized carbons (Fsp3) is 0.333. The van der Waals surface area contributed by atoms with Crippen molar-refractivity contribution in [1.29, 1.82) is 0 Å². The molecule has 3 nitrogen and oxygen atoms in total. The van der Waals surface area contributed by atoms with E-state index in [1.54, 1.807) is 24.5 Å². The maximum Gasteiger partial charge on any atom is 0.126 e. The number of aliphatic hydroxyl groups is 2. The second-order valence-electron chi connectivity index (χ2n) is 2.45. The molecule has 0 aliphatic rings. The highest BCUT2D eigenvalue weighted by Gasteiger charge is 1.96. The van der Waals surface area contributed by atoms with E-state index >= 15 is 0 Å². The molecule has 0 spiro atoms. The van der Waals surface area contributed by atoms with Crippen molar-refractivity contribution in [2.45, 2.75) is 6.42 Å². The third kappa shape index (κ3) is 2.53. The topological polar surface area (TPSA) is 53.6 Å². The molecule has 1 rings (SSSR count). The number of furan rings is 1. The summed E-state index contributed by atoms with van der Waals surface area (Å²) in [6.07, 6.45) is 3.78. The van der Waals surface area contributed by atoms with Crippen molar-refractivity contribution in [3.05, 3.63) is 29.7 Å². The quantitative estimate of drug-likeness (QED) is 0.706. The normalized spacial score (nSPS) is 12.0. The molecular weight excluding hydrogens is 156 g/mol. The van der Waals surface area contributed by atoms with E-state index in [-0.39, 0.29) is 13.2 Å². The third-order valence-electron chi connectivity index (χ3n) is 1.53. The first-order valence-electron chi connectivity index (χ1n) is 3.81. The van der Waals surface area contributed by atoms with Gasteiger partial charge in [-0.25, -0.2) is 0 Å². The van der Waals surface area contributed by atoms with Crippen LogP contribution in [0.25, 0.3) is 6.08 Å². The molecule has 1 aromatic rings. The summed E-state index contributed by atoms with van der Waals surface area (Å²) in [6, 6.07) is 3.58. The molecule has 0 fully saturated rings. The van der Waals surface area contributed by atoms with Crippen LogP contribution < -0.4 is 0 Å². The van der Waals surface area contributed by atoms with Crippen LogP contribution in [0.3, 0.4) is 0 Å². The fourth-order valence-corrected chi connectivity index (χ4v) is 0.915. The van der Waals surface area contributed by atoms with Crippen LogP contribution in [-0.4, -0.2) is 23.4 Å². The summed E-state index contributed by atoms with van der Waals surface area (Å²) in [5, 5.41) is 17.4. The highest BCUT2D eigenvalue weighted by atomic mass is 16.3. The average molecular weight is 168 g/mol. The number of hydrogen-bond acceptors (Lipinski definition) is 3. The Bertz CT molecular complexity index is 236. The lowest BCUT2D eigenvalue weighted by atomic mass is 10.2. The Balaban J connectivity index is 2.64. The number of hydrogen-bond donors (Lipinski definition) is 2. The number of aliphatic hydroxyl groups excluding tert-OH is 2. The molecule has 0 atom stereocenters. The Labute approximate surface area is 70.9 Å². The zero-order valence-corrected chi connectivity index (χ0v) is 6.73. The van der Waals surface area contributed by atoms with Gasteiger partial charge in [0.05, 0.1) is 12.9 Å². The van der Waals surface area contributed by atoms with Crippen LogP contribution in [-0.2, 0) is 0 Å². The fourth-order valence-electron chi connectivity index (χ4n) is 0.915. The largest absolute Gasteiger partial charge is 0.465 e. The maximum atomic E-state index is 8.83. The summed E-state index contributed by atoms with van der Waals surface area (Å²) in [4.78, 5) is 0. The smallest absolute Gasteiger partial charge is 0.126 e. The van der Waals surface area contributed by atoms with Crippen molar-refractivity contribution in [3.63, 3.8) is 0 Å². The monoisotopic (exact) mass is 168 g/mol. The minimum atomic E-state index is -0.0404. The van der Waals surface area contributed by atoms with E-state index in [0.717, 1.165) is 5.57 Å². The van der Waals surface area contributed by atoms with E-state index in [0.29, 0.717) is 12.2 Å². The Morgan fingerprint density at radius 2 is 2.33 bits per heavy atom. The van der Waals surface area contributed by atoms with Crippen LogP contribution in [0.15, 0.2) is 28.4 Å². The lowest BCUT2D eigenvalue weighted by Crippen LogP contribution is -1.93. The van der Waals surface area contributed by atoms with Crippen molar-refractivity contribution < 1.29 is 14.6 Å². The van der Waals surface area contributed by atoms with Crippen LogP contribution in [0.2, 0.25) is 0 Å². The van der Waals surface area contributed by atoms with Gasteiger partial charge in [0.2, 0.25) is 0 Å². The molecule has 0 radical (unpaired) electrons. The van der Waals surface area contributed by atoms with Crippen molar-refractivity contribution >= 4 is 6.08 Å². The Morgan fingerprint density at radius 3 is 2.83 bits per heavy atom. The van der Waals surface area contributed by atoms with E-state index < -0.39 is 0 Å². The third-order valence-corrected chi connectivity index (χ3v) is 1.53. The van der Waals surface area contributed by atoms with Gasteiger partial charge in [0, 0.05) is 6.61 Å². The summed E-state index contributed by atoms with van der Waals surface area (Å²) in [7, 11) is 0. The van der Waals surface area contributed by atoms with E-state index in [1.807, 2.05) is 0 Å². The molecular formula is C9H12O3. The van der Waals surface area contributed by atoms with Gasteiger partial charge in [-0.3, -0.25) is 0 Å². The zero-order chi connectivity index (χ0) is 8.81. The van der Waals surface area contributed by atoms with Crippen LogP contribution >= 0.6 is 0 Å². The van der Waals surface area contributed by atoms with Gasteiger partial charge < -0.3 is 14.6 Å². The Hall–Kier alpha value is -1.06. The molecule has 0 bridgehead atoms. The van der Waals surface area contributed by atoms with Crippen molar-refractivity contribution in [2.75, 3.05) is 13.2 Å². The predicted octanol–water partition coefficient (Wildman–Crippen LogP) is 1.04. The lowest BCUT2D eigenvalue weighted by molar-refractivity contribution is 0.279. The first-order chi connectivity index (χ1) is 5.86. The molecule has 66 valence electrons. The predicted molar refractivity (Wildman–Crippen MR) is 45.5 cm³/mol. The molecule has 1 aromatic heterocycles. The van der Waals surface area contributed by atoms with E-state index in [4.69, 9.17) is 14.6 Å². The molecule has 0 aliphatic heterocycles. The average Bonchev–Trinajstić information content (AvgIpc) is 2.56. The van der Waals surface area contributed by atoms with Crippen molar-refractivity contribution in [3.8, 4) is 0 Å². The SMILES string of the molecule is OCC/C(=C\c1ccco1)CO. The molecule has 2 N–H and O–H groups in total. The molecule has 0 unspecified atom stereocenters. The molecule has 0 aromatic carbocycles. The molecule has 1 heterocycles. The van der Waals surface area contributed by atoms with Gasteiger partial charge >= 0.3 is 0 Å². The van der Waals surface area contributed by atoms with Gasteiger partial charge in [-0.05, 0) is 30.2 Å². The lowest BCUT2D eigenvalue weighted by Gasteiger charge is -1.98. The maximum absolute atomic E-state index is 8.83. The standard InChI is InChI=1S/C9H12O3/c10-4-3-8(7-11)6-9-2-1-5-12-9/h1-2,5-6,10-11H,3-4,7H2/b8-6+. The first kappa shape index (κ1) is 9.03. The van der Waals surface area contributed by atoms with Crippen LogP contribution in [0.5, 0.6) is 0 Å². The van der Waals surface area contributed by atoms with Crippen molar-refractivity contribution in [2.24, 2.45) is 0 Å². The van der Waals surface area contributed by atoms with Gasteiger partial charge in [-0.2, -0.15) is 0 Å². The zero-order valence-electron chi connectivity index (χ0n) is 6.73. The van der Waals surface area contributed by atoms with Gasteiger partial charge in [0.25, 0.3) is 0 Å². The van der Waals surface area contributed by atoms with Crippen molar-refractivity contribution in [1.82, 2.24) is 0 Å². The van der Waals surface area contributed by atoms with Crippen LogP contribution in [0.4, 0.5) is 0 Å². The van der Waals surface area contributed by atoms with Gasteiger partial charge in [0.15, 0.2) is 0 Å². The summed E-state index contributed by atoms with van der Waals surface area (Å²) >= 11 is 0. The summed E-state index contributed by atoms with van der Waals surface area (Å²) in [5.74, 6) is 0.701. The number of rotatable bonds is 4. The summed E-state index contributed by atoms with van der Waals surface area (Å²) in [6.45, 7) is 0.00830. The van der Waals surface area contributed by atoms with Gasteiger partial charge in [-0.1, -0.05) is 0 Å². The van der Waals surface area contributed by atoms with Gasteiger partial charge in [-0.15, -0.1) is 0 Å². The highest BCUT2D eigenvalue weighted by Crippen LogP contribution is 2.09. The van der Waals surface area contributed by atoms with E-state index in [9.17, 15) is 0 Å². The second kappa shape index (κ2) is 4.74. The van der Waals surface area contributed by atoms with Crippen LogP contribution in [0.1, 0.15) is 12.2 Å². The van der Waals surface area contributed by atoms with E-state index in [1.165, 1.54) is 0 Å². The molecule has 12 heavy (non-hydrogen) atoms. The Kier molecular flexibility index (Phi) is 3.57. The highest BCUT2D eigenvalue weighted by molar-refractivity contribution is 5.47. The first-order valence-corrected chi connectivity index (χ1v) is 3.81. The molecule has 0 saturated carbocycles.